The number of anilines is 1. The summed E-state index contributed by atoms with van der Waals surface area (Å²) in [6.07, 6.45) is 1.03. The van der Waals surface area contributed by atoms with Crippen LogP contribution >= 0.6 is 11.6 Å². The Morgan fingerprint density at radius 2 is 1.58 bits per heavy atom. The van der Waals surface area contributed by atoms with E-state index >= 15 is 0 Å². The van der Waals surface area contributed by atoms with Gasteiger partial charge in [-0.05, 0) is 79.8 Å². The van der Waals surface area contributed by atoms with Crippen LogP contribution in [0, 0.1) is 18.7 Å². The molecule has 8 nitrogen and oxygen atoms in total. The predicted molar refractivity (Wildman–Crippen MR) is 167 cm³/mol. The highest BCUT2D eigenvalue weighted by Crippen LogP contribution is 2.24. The number of hydrogen-bond donors (Lipinski definition) is 1. The van der Waals surface area contributed by atoms with E-state index in [1.54, 1.807) is 21.9 Å². The maximum absolute atomic E-state index is 14.0. The molecule has 3 amide bonds. The minimum Gasteiger partial charge on any atom is -0.334 e. The maximum Gasteiger partial charge on any atom is 0.321 e. The zero-order chi connectivity index (χ0) is 31.1. The fraction of sp³-hybridized carbons (Fsp3) is 0.375. The summed E-state index contributed by atoms with van der Waals surface area (Å²) < 4.78 is 42.1. The number of sulfonamides is 1. The second-order valence-electron chi connectivity index (χ2n) is 11.3. The Morgan fingerprint density at radius 1 is 0.977 bits per heavy atom. The molecule has 230 valence electrons. The van der Waals surface area contributed by atoms with E-state index in [4.69, 9.17) is 11.6 Å². The van der Waals surface area contributed by atoms with Crippen LogP contribution in [0.25, 0.3) is 0 Å². The number of likely N-dealkylation sites (tertiary alicyclic amines) is 1. The number of benzene rings is 3. The summed E-state index contributed by atoms with van der Waals surface area (Å²) in [5.74, 6) is -0.771. The summed E-state index contributed by atoms with van der Waals surface area (Å²) in [5.41, 5.74) is 2.53. The summed E-state index contributed by atoms with van der Waals surface area (Å²) >= 11 is 5.98. The molecule has 1 heterocycles. The van der Waals surface area contributed by atoms with Crippen LogP contribution in [0.1, 0.15) is 37.8 Å². The van der Waals surface area contributed by atoms with Crippen LogP contribution in [0.5, 0.6) is 0 Å². The average molecular weight is 629 g/mol. The number of nitrogens with zero attached hydrogens (tertiary/aromatic N) is 3. The first-order chi connectivity index (χ1) is 20.4. The fourth-order valence-corrected chi connectivity index (χ4v) is 6.76. The zero-order valence-electron chi connectivity index (χ0n) is 24.7. The van der Waals surface area contributed by atoms with Gasteiger partial charge in [0.15, 0.2) is 0 Å². The first kappa shape index (κ1) is 32.4. The Balaban J connectivity index is 1.52. The molecule has 1 saturated heterocycles. The van der Waals surface area contributed by atoms with Crippen molar-refractivity contribution in [1.29, 1.82) is 0 Å². The summed E-state index contributed by atoms with van der Waals surface area (Å²) in [6, 6.07) is 18.9. The van der Waals surface area contributed by atoms with E-state index in [0.717, 1.165) is 11.1 Å². The van der Waals surface area contributed by atoms with E-state index < -0.39 is 10.0 Å². The molecule has 0 atom stereocenters. The molecule has 0 aliphatic carbocycles. The lowest BCUT2D eigenvalue weighted by Crippen LogP contribution is -2.52. The second-order valence-corrected chi connectivity index (χ2v) is 13.7. The molecule has 11 heteroatoms. The number of piperidine rings is 1. The average Bonchev–Trinajstić information content (AvgIpc) is 2.97. The van der Waals surface area contributed by atoms with Crippen LogP contribution in [0.4, 0.5) is 14.9 Å². The Labute approximate surface area is 258 Å². The van der Waals surface area contributed by atoms with E-state index in [9.17, 15) is 22.4 Å². The van der Waals surface area contributed by atoms with E-state index in [-0.39, 0.29) is 54.2 Å². The number of hydrogen-bond acceptors (Lipinski definition) is 4. The number of carbonyl (C=O) groups excluding carboxylic acids is 2. The lowest BCUT2D eigenvalue weighted by Gasteiger charge is -2.39. The molecule has 0 saturated carbocycles. The number of amides is 3. The molecule has 0 radical (unpaired) electrons. The van der Waals surface area contributed by atoms with Crippen molar-refractivity contribution >= 4 is 39.2 Å². The molecule has 0 unspecified atom stereocenters. The van der Waals surface area contributed by atoms with Crippen LogP contribution < -0.4 is 5.32 Å². The molecule has 43 heavy (non-hydrogen) atoms. The Bertz CT molecular complexity index is 1490. The first-order valence-electron chi connectivity index (χ1n) is 14.3. The maximum atomic E-state index is 14.0. The van der Waals surface area contributed by atoms with Gasteiger partial charge in [0, 0.05) is 42.9 Å². The van der Waals surface area contributed by atoms with Crippen LogP contribution in [0.3, 0.4) is 0 Å². The van der Waals surface area contributed by atoms with E-state index in [0.29, 0.717) is 36.6 Å². The topological polar surface area (TPSA) is 90.0 Å². The normalized spacial score (nSPS) is 14.3. The molecular weight excluding hydrogens is 591 g/mol. The van der Waals surface area contributed by atoms with Crippen molar-refractivity contribution in [2.45, 2.75) is 51.1 Å². The Kier molecular flexibility index (Phi) is 10.8. The number of rotatable bonds is 10. The third-order valence-electron chi connectivity index (χ3n) is 7.41. The minimum absolute atomic E-state index is 0.0318. The zero-order valence-corrected chi connectivity index (χ0v) is 26.2. The monoisotopic (exact) mass is 628 g/mol. The quantitative estimate of drug-likeness (QED) is 0.291. The minimum atomic E-state index is -3.99. The van der Waals surface area contributed by atoms with Gasteiger partial charge in [-0.2, -0.15) is 4.31 Å². The van der Waals surface area contributed by atoms with Gasteiger partial charge in [-0.15, -0.1) is 0 Å². The summed E-state index contributed by atoms with van der Waals surface area (Å²) in [7, 11) is -3.99. The van der Waals surface area contributed by atoms with Crippen LogP contribution in [0.2, 0.25) is 5.02 Å². The van der Waals surface area contributed by atoms with E-state index in [1.807, 2.05) is 45.0 Å². The third-order valence-corrected chi connectivity index (χ3v) is 9.49. The lowest BCUT2D eigenvalue weighted by molar-refractivity contribution is -0.135. The van der Waals surface area contributed by atoms with Crippen molar-refractivity contribution < 1.29 is 22.4 Å². The molecule has 0 aromatic heterocycles. The highest BCUT2D eigenvalue weighted by atomic mass is 35.5. The molecule has 1 N–H and O–H groups in total. The van der Waals surface area contributed by atoms with Gasteiger partial charge in [0.2, 0.25) is 15.9 Å². The lowest BCUT2D eigenvalue weighted by atomic mass is 10.0. The van der Waals surface area contributed by atoms with Crippen molar-refractivity contribution in [1.82, 2.24) is 14.1 Å². The number of halogens is 2. The summed E-state index contributed by atoms with van der Waals surface area (Å²) in [6.45, 7) is 6.60. The van der Waals surface area contributed by atoms with Crippen molar-refractivity contribution in [3.05, 3.63) is 94.8 Å². The van der Waals surface area contributed by atoms with Crippen molar-refractivity contribution in [3.8, 4) is 0 Å². The van der Waals surface area contributed by atoms with Gasteiger partial charge >= 0.3 is 6.03 Å². The van der Waals surface area contributed by atoms with Gasteiger partial charge in [-0.3, -0.25) is 4.79 Å². The molecule has 1 fully saturated rings. The van der Waals surface area contributed by atoms with Crippen LogP contribution in [-0.4, -0.2) is 66.7 Å². The standard InChI is InChI=1S/C32H38ClFN4O4S/c1-23(2)20-37(43(41,42)30-14-8-26(33)9-15-30)22-31(39)38(21-25-6-10-27(34)11-7-25)29-16-18-36(19-17-29)32(40)35-28-12-4-24(3)5-13-28/h4-15,23,29H,16-22H2,1-3H3,(H,35,40). The highest BCUT2D eigenvalue weighted by molar-refractivity contribution is 7.89. The molecular formula is C32H38ClFN4O4S. The molecule has 0 spiro atoms. The first-order valence-corrected chi connectivity index (χ1v) is 16.2. The number of carbonyl (C=O) groups is 2. The van der Waals surface area contributed by atoms with Gasteiger partial charge in [-0.1, -0.05) is 55.3 Å². The van der Waals surface area contributed by atoms with Crippen LogP contribution in [0.15, 0.2) is 77.7 Å². The molecule has 1 aliphatic heterocycles. The predicted octanol–water partition coefficient (Wildman–Crippen LogP) is 6.16. The molecule has 3 aromatic carbocycles. The van der Waals surface area contributed by atoms with Crippen LogP contribution in [-0.2, 0) is 21.4 Å². The molecule has 4 rings (SSSR count). The molecule has 3 aromatic rings. The molecule has 0 bridgehead atoms. The summed E-state index contributed by atoms with van der Waals surface area (Å²) in [4.78, 5) is 30.3. The SMILES string of the molecule is Cc1ccc(NC(=O)N2CCC(N(Cc3ccc(F)cc3)C(=O)CN(CC(C)C)S(=O)(=O)c3ccc(Cl)cc3)CC2)cc1. The van der Waals surface area contributed by atoms with Crippen molar-refractivity contribution in [3.63, 3.8) is 0 Å². The Morgan fingerprint density at radius 3 is 2.16 bits per heavy atom. The number of aryl methyl sites for hydroxylation is 1. The number of nitrogens with one attached hydrogen (secondary N) is 1. The Hall–Kier alpha value is -3.47. The van der Waals surface area contributed by atoms with Gasteiger partial charge in [0.1, 0.15) is 5.82 Å². The van der Waals surface area contributed by atoms with E-state index in [2.05, 4.69) is 5.32 Å². The van der Waals surface area contributed by atoms with Gasteiger partial charge < -0.3 is 15.1 Å². The third kappa shape index (κ3) is 8.78. The second kappa shape index (κ2) is 14.3. The van der Waals surface area contributed by atoms with Gasteiger partial charge in [0.05, 0.1) is 11.4 Å². The summed E-state index contributed by atoms with van der Waals surface area (Å²) in [5, 5.41) is 3.33. The van der Waals surface area contributed by atoms with Crippen molar-refractivity contribution in [2.24, 2.45) is 5.92 Å². The smallest absolute Gasteiger partial charge is 0.321 e. The van der Waals surface area contributed by atoms with Gasteiger partial charge in [0.25, 0.3) is 0 Å². The highest BCUT2D eigenvalue weighted by Gasteiger charge is 2.34. The molecule has 1 aliphatic rings. The number of urea groups is 1. The van der Waals surface area contributed by atoms with Gasteiger partial charge in [-0.25, -0.2) is 17.6 Å². The largest absolute Gasteiger partial charge is 0.334 e. The van der Waals surface area contributed by atoms with E-state index in [1.165, 1.54) is 40.7 Å². The fourth-order valence-electron chi connectivity index (χ4n) is 5.08. The van der Waals surface area contributed by atoms with Crippen molar-refractivity contribution in [2.75, 3.05) is 31.5 Å².